The van der Waals surface area contributed by atoms with E-state index in [-0.39, 0.29) is 12.0 Å². The second-order valence-electron chi connectivity index (χ2n) is 8.42. The van der Waals surface area contributed by atoms with Gasteiger partial charge >= 0.3 is 0 Å². The molecule has 1 unspecified atom stereocenters. The molecule has 1 saturated carbocycles. The van der Waals surface area contributed by atoms with Gasteiger partial charge in [0.1, 0.15) is 5.76 Å². The molecule has 0 aromatic carbocycles. The minimum atomic E-state index is 0.258. The molecule has 1 aromatic heterocycles. The first kappa shape index (κ1) is 21.7. The van der Waals surface area contributed by atoms with Crippen molar-refractivity contribution in [3.63, 3.8) is 0 Å². The van der Waals surface area contributed by atoms with E-state index in [0.29, 0.717) is 5.91 Å². The van der Waals surface area contributed by atoms with Crippen LogP contribution in [0.3, 0.4) is 0 Å². The third-order valence-electron chi connectivity index (χ3n) is 6.18. The Labute approximate surface area is 174 Å². The average molecular weight is 404 g/mol. The number of guanidine groups is 1. The Morgan fingerprint density at radius 2 is 2.03 bits per heavy atom. The molecule has 0 spiro atoms. The molecule has 2 aliphatic rings. The normalized spacial score (nSPS) is 20.9. The van der Waals surface area contributed by atoms with Crippen LogP contribution in [-0.4, -0.2) is 54.1 Å². The summed E-state index contributed by atoms with van der Waals surface area (Å²) in [7, 11) is 0. The molecule has 7 heteroatoms. The maximum Gasteiger partial charge on any atom is 0.225 e. The fourth-order valence-electron chi connectivity index (χ4n) is 4.50. The van der Waals surface area contributed by atoms with E-state index in [9.17, 15) is 4.79 Å². The number of aryl methyl sites for hydroxylation is 2. The molecular formula is C22H37N5O2. The Morgan fingerprint density at radius 3 is 2.72 bits per heavy atom. The highest BCUT2D eigenvalue weighted by atomic mass is 16.5. The maximum atomic E-state index is 12.8. The van der Waals surface area contributed by atoms with Crippen LogP contribution in [-0.2, 0) is 11.2 Å². The van der Waals surface area contributed by atoms with Gasteiger partial charge in [-0.1, -0.05) is 24.4 Å². The predicted molar refractivity (Wildman–Crippen MR) is 115 cm³/mol. The van der Waals surface area contributed by atoms with E-state index in [1.807, 2.05) is 13.8 Å². The minimum absolute atomic E-state index is 0.258. The Morgan fingerprint density at radius 1 is 1.24 bits per heavy atom. The lowest BCUT2D eigenvalue weighted by Crippen LogP contribution is -2.45. The first-order chi connectivity index (χ1) is 14.1. The second kappa shape index (κ2) is 10.6. The molecule has 29 heavy (non-hydrogen) atoms. The van der Waals surface area contributed by atoms with Crippen LogP contribution in [0.25, 0.3) is 0 Å². The van der Waals surface area contributed by atoms with Crippen molar-refractivity contribution in [3.05, 3.63) is 17.0 Å². The first-order valence-electron chi connectivity index (χ1n) is 11.3. The standard InChI is InChI=1S/C22H37N5O2/c1-4-23-22(24-13-8-11-20-16(2)26-29-17(20)3)25-19-12-14-27(15-19)21(28)18-9-6-5-7-10-18/h18-19H,4-15H2,1-3H3,(H2,23,24,25). The number of carbonyl (C=O) groups is 1. The molecule has 0 bridgehead atoms. The third-order valence-corrected chi connectivity index (χ3v) is 6.18. The number of hydrogen-bond donors (Lipinski definition) is 2. The Hall–Kier alpha value is -2.05. The molecule has 2 fully saturated rings. The molecule has 0 radical (unpaired) electrons. The van der Waals surface area contributed by atoms with Gasteiger partial charge in [0.05, 0.1) is 5.69 Å². The fourth-order valence-corrected chi connectivity index (χ4v) is 4.50. The Kier molecular flexibility index (Phi) is 7.95. The van der Waals surface area contributed by atoms with Gasteiger partial charge in [0.2, 0.25) is 5.91 Å². The van der Waals surface area contributed by atoms with Gasteiger partial charge in [-0.2, -0.15) is 0 Å². The highest BCUT2D eigenvalue weighted by Gasteiger charge is 2.31. The number of nitrogens with zero attached hydrogens (tertiary/aromatic N) is 3. The van der Waals surface area contributed by atoms with Crippen molar-refractivity contribution in [1.82, 2.24) is 20.7 Å². The highest BCUT2D eigenvalue weighted by Crippen LogP contribution is 2.26. The van der Waals surface area contributed by atoms with Crippen molar-refractivity contribution < 1.29 is 9.32 Å². The molecule has 2 heterocycles. The number of nitrogens with one attached hydrogen (secondary N) is 2. The summed E-state index contributed by atoms with van der Waals surface area (Å²) in [5, 5.41) is 10.9. The van der Waals surface area contributed by atoms with Gasteiger partial charge in [-0.3, -0.25) is 9.79 Å². The number of amides is 1. The lowest BCUT2D eigenvalue weighted by molar-refractivity contribution is -0.135. The van der Waals surface area contributed by atoms with Gasteiger partial charge in [-0.15, -0.1) is 0 Å². The molecule has 7 nitrogen and oxygen atoms in total. The average Bonchev–Trinajstić information content (AvgIpc) is 3.32. The van der Waals surface area contributed by atoms with Gasteiger partial charge in [0.25, 0.3) is 0 Å². The second-order valence-corrected chi connectivity index (χ2v) is 8.42. The van der Waals surface area contributed by atoms with Crippen molar-refractivity contribution in [2.24, 2.45) is 10.9 Å². The third kappa shape index (κ3) is 5.97. The van der Waals surface area contributed by atoms with Crippen LogP contribution in [0, 0.1) is 19.8 Å². The summed E-state index contributed by atoms with van der Waals surface area (Å²) < 4.78 is 5.23. The lowest BCUT2D eigenvalue weighted by atomic mass is 9.88. The zero-order chi connectivity index (χ0) is 20.6. The maximum absolute atomic E-state index is 12.8. The monoisotopic (exact) mass is 403 g/mol. The molecule has 1 aliphatic carbocycles. The van der Waals surface area contributed by atoms with Crippen molar-refractivity contribution in [2.75, 3.05) is 26.2 Å². The molecule has 1 atom stereocenters. The number of likely N-dealkylation sites (tertiary alicyclic amines) is 1. The fraction of sp³-hybridized carbons (Fsp3) is 0.773. The zero-order valence-electron chi connectivity index (χ0n) is 18.3. The van der Waals surface area contributed by atoms with E-state index in [1.54, 1.807) is 0 Å². The summed E-state index contributed by atoms with van der Waals surface area (Å²) in [4.78, 5) is 19.6. The smallest absolute Gasteiger partial charge is 0.225 e. The van der Waals surface area contributed by atoms with E-state index in [4.69, 9.17) is 9.52 Å². The van der Waals surface area contributed by atoms with Crippen LogP contribution in [0.15, 0.2) is 9.52 Å². The molecule has 2 N–H and O–H groups in total. The first-order valence-corrected chi connectivity index (χ1v) is 11.3. The quantitative estimate of drug-likeness (QED) is 0.415. The SMILES string of the molecule is CCNC(=NCCCc1c(C)noc1C)NC1CCN(C(=O)C2CCCCC2)C1. The summed E-state index contributed by atoms with van der Waals surface area (Å²) in [6.45, 7) is 9.25. The number of hydrogen-bond acceptors (Lipinski definition) is 4. The van der Waals surface area contributed by atoms with Crippen LogP contribution in [0.4, 0.5) is 0 Å². The molecule has 1 aliphatic heterocycles. The van der Waals surface area contributed by atoms with Crippen LogP contribution in [0.5, 0.6) is 0 Å². The van der Waals surface area contributed by atoms with Gasteiger partial charge in [-0.05, 0) is 52.9 Å². The zero-order valence-corrected chi connectivity index (χ0v) is 18.3. The summed E-state index contributed by atoms with van der Waals surface area (Å²) in [5.74, 6) is 2.39. The minimum Gasteiger partial charge on any atom is -0.361 e. The summed E-state index contributed by atoms with van der Waals surface area (Å²) in [6.07, 6.45) is 8.71. The number of rotatable bonds is 7. The Bertz CT molecular complexity index is 674. The van der Waals surface area contributed by atoms with Crippen LogP contribution in [0.2, 0.25) is 0 Å². The van der Waals surface area contributed by atoms with Crippen molar-refractivity contribution in [3.8, 4) is 0 Å². The van der Waals surface area contributed by atoms with E-state index in [0.717, 1.165) is 75.7 Å². The van der Waals surface area contributed by atoms with Gasteiger partial charge in [0, 0.05) is 43.7 Å². The largest absolute Gasteiger partial charge is 0.361 e. The predicted octanol–water partition coefficient (Wildman–Crippen LogP) is 2.96. The molecule has 1 saturated heterocycles. The number of aliphatic imine (C=N–C) groups is 1. The van der Waals surface area contributed by atoms with E-state index >= 15 is 0 Å². The molecular weight excluding hydrogens is 366 g/mol. The van der Waals surface area contributed by atoms with Gasteiger partial charge in [-0.25, -0.2) is 0 Å². The van der Waals surface area contributed by atoms with Gasteiger partial charge < -0.3 is 20.1 Å². The van der Waals surface area contributed by atoms with Crippen molar-refractivity contribution in [1.29, 1.82) is 0 Å². The number of carbonyl (C=O) groups excluding carboxylic acids is 1. The van der Waals surface area contributed by atoms with E-state index < -0.39 is 0 Å². The van der Waals surface area contributed by atoms with Crippen LogP contribution in [0.1, 0.15) is 68.9 Å². The highest BCUT2D eigenvalue weighted by molar-refractivity contribution is 5.81. The molecule has 162 valence electrons. The summed E-state index contributed by atoms with van der Waals surface area (Å²) in [6, 6.07) is 0.280. The van der Waals surface area contributed by atoms with Crippen LogP contribution >= 0.6 is 0 Å². The van der Waals surface area contributed by atoms with Gasteiger partial charge in [0.15, 0.2) is 5.96 Å². The molecule has 1 aromatic rings. The van der Waals surface area contributed by atoms with E-state index in [2.05, 4.69) is 27.6 Å². The van der Waals surface area contributed by atoms with E-state index in [1.165, 1.54) is 24.8 Å². The van der Waals surface area contributed by atoms with Crippen LogP contribution < -0.4 is 10.6 Å². The topological polar surface area (TPSA) is 82.8 Å². The molecule has 3 rings (SSSR count). The summed E-state index contributed by atoms with van der Waals surface area (Å²) in [5.41, 5.74) is 2.18. The van der Waals surface area contributed by atoms with Crippen molar-refractivity contribution >= 4 is 11.9 Å². The molecule has 1 amide bonds. The lowest BCUT2D eigenvalue weighted by Gasteiger charge is -2.26. The summed E-state index contributed by atoms with van der Waals surface area (Å²) >= 11 is 0. The Balaban J connectivity index is 1.46. The van der Waals surface area contributed by atoms with Crippen molar-refractivity contribution in [2.45, 2.75) is 78.2 Å². The number of aromatic nitrogens is 1.